The molecule has 172 valence electrons. The van der Waals surface area contributed by atoms with Crippen LogP contribution in [-0.4, -0.2) is 42.4 Å². The van der Waals surface area contributed by atoms with Crippen LogP contribution in [-0.2, 0) is 15.9 Å². The smallest absolute Gasteiger partial charge is 0.165 e. The molecule has 2 N–H and O–H groups in total. The van der Waals surface area contributed by atoms with E-state index in [1.807, 2.05) is 45.0 Å². The van der Waals surface area contributed by atoms with Gasteiger partial charge < -0.3 is 24.4 Å². The van der Waals surface area contributed by atoms with Gasteiger partial charge in [-0.05, 0) is 62.1 Å². The van der Waals surface area contributed by atoms with Gasteiger partial charge in [0.1, 0.15) is 0 Å². The molecule has 0 aromatic heterocycles. The Kier molecular flexibility index (Phi) is 10.2. The minimum atomic E-state index is -0.489. The maximum absolute atomic E-state index is 14.2. The van der Waals surface area contributed by atoms with Crippen molar-refractivity contribution < 1.29 is 28.8 Å². The molecule has 0 radical (unpaired) electrons. The van der Waals surface area contributed by atoms with Crippen LogP contribution in [0.3, 0.4) is 0 Å². The van der Waals surface area contributed by atoms with Crippen LogP contribution in [0.1, 0.15) is 56.4 Å². The quantitative estimate of drug-likeness (QED) is 0.613. The van der Waals surface area contributed by atoms with E-state index in [0.717, 1.165) is 23.8 Å². The number of rotatable bonds is 7. The molecule has 5 nitrogen and oxygen atoms in total. The van der Waals surface area contributed by atoms with E-state index in [0.29, 0.717) is 30.9 Å². The molecule has 1 saturated heterocycles. The van der Waals surface area contributed by atoms with Crippen LogP contribution >= 0.6 is 11.6 Å². The van der Waals surface area contributed by atoms with Crippen molar-refractivity contribution in [1.29, 1.82) is 0 Å². The van der Waals surface area contributed by atoms with Crippen molar-refractivity contribution >= 4 is 11.6 Å². The van der Waals surface area contributed by atoms with Crippen LogP contribution in [0.25, 0.3) is 0 Å². The second-order valence-corrected chi connectivity index (χ2v) is 8.00. The number of hydrogen-bond acceptors (Lipinski definition) is 5. The Balaban J connectivity index is 0.00000166. The van der Waals surface area contributed by atoms with Crippen LogP contribution in [0.15, 0.2) is 36.4 Å². The molecule has 0 amide bonds. The largest absolute Gasteiger partial charge is 0.491 e. The first-order valence-corrected chi connectivity index (χ1v) is 10.9. The standard InChI is InChI=1S/C23H28ClFO4.CH4O/c1-4-27-21-8-5-15(10-20(21)25)9-17-11-16(6-7-19(17)24)22-12-18(26)13-23(29-22)28-14(2)3;1-2/h5-8,10-11,14,18,22-23,26H,4,9,12-13H2,1-3H3;2H,1H3. The van der Waals surface area contributed by atoms with Crippen LogP contribution in [0.5, 0.6) is 5.75 Å². The molecule has 0 aliphatic carbocycles. The summed E-state index contributed by atoms with van der Waals surface area (Å²) in [6.45, 7) is 6.12. The van der Waals surface area contributed by atoms with E-state index in [9.17, 15) is 9.50 Å². The highest BCUT2D eigenvalue weighted by Gasteiger charge is 2.30. The summed E-state index contributed by atoms with van der Waals surface area (Å²) in [4.78, 5) is 0. The first kappa shape index (κ1) is 25.6. The highest BCUT2D eigenvalue weighted by Crippen LogP contribution is 2.34. The Morgan fingerprint density at radius 2 is 1.90 bits per heavy atom. The SMILES string of the molecule is CCOc1ccc(Cc2cc(C3CC(O)CC(OC(C)C)O3)ccc2Cl)cc1F.CO. The van der Waals surface area contributed by atoms with Gasteiger partial charge in [-0.15, -0.1) is 0 Å². The molecular weight excluding hydrogens is 423 g/mol. The summed E-state index contributed by atoms with van der Waals surface area (Å²) in [5.41, 5.74) is 2.60. The molecule has 0 saturated carbocycles. The Labute approximate surface area is 188 Å². The molecule has 31 heavy (non-hydrogen) atoms. The maximum Gasteiger partial charge on any atom is 0.165 e. The monoisotopic (exact) mass is 454 g/mol. The lowest BCUT2D eigenvalue weighted by Crippen LogP contribution is -2.34. The molecule has 1 aliphatic heterocycles. The summed E-state index contributed by atoms with van der Waals surface area (Å²) >= 11 is 6.40. The number of hydrogen-bond donors (Lipinski definition) is 2. The van der Waals surface area contributed by atoms with E-state index in [1.54, 1.807) is 6.07 Å². The van der Waals surface area contributed by atoms with Gasteiger partial charge in [0.05, 0.1) is 24.9 Å². The maximum atomic E-state index is 14.2. The zero-order valence-corrected chi connectivity index (χ0v) is 19.2. The molecular formula is C24H32ClFO5. The molecule has 2 aromatic carbocycles. The zero-order valence-electron chi connectivity index (χ0n) is 18.5. The minimum Gasteiger partial charge on any atom is -0.491 e. The van der Waals surface area contributed by atoms with Crippen LogP contribution in [0.4, 0.5) is 4.39 Å². The number of halogens is 2. The molecule has 0 bridgehead atoms. The molecule has 2 aromatic rings. The Bertz CT molecular complexity index is 828. The van der Waals surface area contributed by atoms with Gasteiger partial charge in [-0.2, -0.15) is 0 Å². The number of ether oxygens (including phenoxy) is 3. The highest BCUT2D eigenvalue weighted by atomic mass is 35.5. The Hall–Kier alpha value is -1.70. The molecule has 1 fully saturated rings. The molecule has 1 heterocycles. The average molecular weight is 455 g/mol. The lowest BCUT2D eigenvalue weighted by Gasteiger charge is -2.34. The van der Waals surface area contributed by atoms with Crippen molar-refractivity contribution in [2.45, 2.75) is 64.6 Å². The molecule has 3 unspecified atom stereocenters. The lowest BCUT2D eigenvalue weighted by molar-refractivity contribution is -0.230. The van der Waals surface area contributed by atoms with Gasteiger partial charge >= 0.3 is 0 Å². The van der Waals surface area contributed by atoms with Gasteiger partial charge in [0.2, 0.25) is 0 Å². The third kappa shape index (κ3) is 7.44. The van der Waals surface area contributed by atoms with Crippen molar-refractivity contribution in [2.24, 2.45) is 0 Å². The van der Waals surface area contributed by atoms with Crippen molar-refractivity contribution in [3.8, 4) is 5.75 Å². The van der Waals surface area contributed by atoms with Gasteiger partial charge in [0, 0.05) is 25.0 Å². The molecule has 3 rings (SSSR count). The highest BCUT2D eigenvalue weighted by molar-refractivity contribution is 6.31. The second-order valence-electron chi connectivity index (χ2n) is 7.59. The van der Waals surface area contributed by atoms with E-state index in [-0.39, 0.29) is 23.8 Å². The van der Waals surface area contributed by atoms with Crippen LogP contribution < -0.4 is 4.74 Å². The van der Waals surface area contributed by atoms with Crippen molar-refractivity contribution in [1.82, 2.24) is 0 Å². The fourth-order valence-corrected chi connectivity index (χ4v) is 3.73. The van der Waals surface area contributed by atoms with Crippen molar-refractivity contribution in [3.63, 3.8) is 0 Å². The summed E-state index contributed by atoms with van der Waals surface area (Å²) < 4.78 is 31.2. The lowest BCUT2D eigenvalue weighted by atomic mass is 9.95. The van der Waals surface area contributed by atoms with Crippen LogP contribution in [0.2, 0.25) is 5.02 Å². The van der Waals surface area contributed by atoms with E-state index in [4.69, 9.17) is 30.9 Å². The summed E-state index contributed by atoms with van der Waals surface area (Å²) in [6, 6.07) is 10.6. The number of aliphatic hydroxyl groups is 2. The third-order valence-electron chi connectivity index (χ3n) is 4.82. The summed E-state index contributed by atoms with van der Waals surface area (Å²) in [6.07, 6.45) is 0.242. The minimum absolute atomic E-state index is 0.0151. The van der Waals surface area contributed by atoms with Crippen molar-refractivity contribution in [3.05, 3.63) is 63.9 Å². The van der Waals surface area contributed by atoms with Crippen molar-refractivity contribution in [2.75, 3.05) is 13.7 Å². The van der Waals surface area contributed by atoms with Gasteiger partial charge in [-0.3, -0.25) is 0 Å². The molecule has 3 atom stereocenters. The Morgan fingerprint density at radius 1 is 1.16 bits per heavy atom. The van der Waals surface area contributed by atoms with Gasteiger partial charge in [-0.25, -0.2) is 4.39 Å². The van der Waals surface area contributed by atoms with E-state index in [2.05, 4.69) is 0 Å². The number of aliphatic hydroxyl groups excluding tert-OH is 2. The summed E-state index contributed by atoms with van der Waals surface area (Å²) in [5, 5.41) is 17.8. The third-order valence-corrected chi connectivity index (χ3v) is 5.19. The second kappa shape index (κ2) is 12.4. The normalized spacial score (nSPS) is 20.9. The van der Waals surface area contributed by atoms with E-state index >= 15 is 0 Å². The molecule has 1 aliphatic rings. The summed E-state index contributed by atoms with van der Waals surface area (Å²) in [7, 11) is 1.00. The topological polar surface area (TPSA) is 68.2 Å². The molecule has 0 spiro atoms. The van der Waals surface area contributed by atoms with Gasteiger partial charge in [-0.1, -0.05) is 29.8 Å². The number of benzene rings is 2. The van der Waals surface area contributed by atoms with E-state index < -0.39 is 12.4 Å². The van der Waals surface area contributed by atoms with Crippen LogP contribution in [0, 0.1) is 5.82 Å². The zero-order chi connectivity index (χ0) is 23.0. The van der Waals surface area contributed by atoms with E-state index in [1.165, 1.54) is 6.07 Å². The first-order valence-electron chi connectivity index (χ1n) is 10.5. The predicted octanol–water partition coefficient (Wildman–Crippen LogP) is 5.04. The van der Waals surface area contributed by atoms with Gasteiger partial charge in [0.15, 0.2) is 17.9 Å². The predicted molar refractivity (Wildman–Crippen MR) is 119 cm³/mol. The first-order chi connectivity index (χ1) is 14.9. The fraction of sp³-hybridized carbons (Fsp3) is 0.500. The average Bonchev–Trinajstić information content (AvgIpc) is 2.72. The fourth-order valence-electron chi connectivity index (χ4n) is 3.54. The Morgan fingerprint density at radius 3 is 2.55 bits per heavy atom. The van der Waals surface area contributed by atoms with Gasteiger partial charge in [0.25, 0.3) is 0 Å². The summed E-state index contributed by atoms with van der Waals surface area (Å²) in [5.74, 6) is -0.138. The molecule has 7 heteroatoms.